The van der Waals surface area contributed by atoms with Gasteiger partial charge in [-0.25, -0.2) is 9.97 Å². The highest BCUT2D eigenvalue weighted by molar-refractivity contribution is 5.81. The molecule has 0 atom stereocenters. The molecule has 1 aliphatic heterocycles. The van der Waals surface area contributed by atoms with Crippen molar-refractivity contribution < 1.29 is 4.42 Å². The predicted octanol–water partition coefficient (Wildman–Crippen LogP) is 3.37. The molecule has 0 spiro atoms. The Morgan fingerprint density at radius 2 is 2.00 bits per heavy atom. The first-order valence-electron chi connectivity index (χ1n) is 7.48. The van der Waals surface area contributed by atoms with E-state index in [0.717, 1.165) is 41.3 Å². The molecule has 1 saturated carbocycles. The average molecular weight is 277 g/mol. The van der Waals surface area contributed by atoms with Gasteiger partial charge < -0.3 is 9.73 Å². The van der Waals surface area contributed by atoms with Crippen molar-refractivity contribution in [3.8, 4) is 11.6 Å². The van der Waals surface area contributed by atoms with E-state index in [9.17, 15) is 0 Å². The van der Waals surface area contributed by atoms with Gasteiger partial charge in [0.15, 0.2) is 11.6 Å². The van der Waals surface area contributed by atoms with E-state index in [2.05, 4.69) is 11.4 Å². The number of para-hydroxylation sites is 1. The smallest absolute Gasteiger partial charge is 0.196 e. The number of rotatable bonds is 2. The lowest BCUT2D eigenvalue weighted by Crippen LogP contribution is -2.02. The Morgan fingerprint density at radius 1 is 1.10 bits per heavy atom. The van der Waals surface area contributed by atoms with Crippen LogP contribution in [0.15, 0.2) is 34.7 Å². The molecule has 5 rings (SSSR count). The summed E-state index contributed by atoms with van der Waals surface area (Å²) in [5.41, 5.74) is 4.59. The Kier molecular flexibility index (Phi) is 2.26. The zero-order valence-electron chi connectivity index (χ0n) is 11.6. The largest absolute Gasteiger partial charge is 0.453 e. The molecule has 4 nitrogen and oxygen atoms in total. The summed E-state index contributed by atoms with van der Waals surface area (Å²) >= 11 is 0. The maximum absolute atomic E-state index is 5.92. The molecule has 0 bridgehead atoms. The molecular weight excluding hydrogens is 262 g/mol. The van der Waals surface area contributed by atoms with Gasteiger partial charge >= 0.3 is 0 Å². The first-order chi connectivity index (χ1) is 10.4. The van der Waals surface area contributed by atoms with Gasteiger partial charge in [0.05, 0.1) is 11.4 Å². The quantitative estimate of drug-likeness (QED) is 0.780. The van der Waals surface area contributed by atoms with E-state index in [0.29, 0.717) is 5.92 Å². The van der Waals surface area contributed by atoms with Crippen LogP contribution in [-0.2, 0) is 13.1 Å². The third-order valence-corrected chi connectivity index (χ3v) is 4.33. The fraction of sp³-hybridized carbons (Fsp3) is 0.294. The highest BCUT2D eigenvalue weighted by Gasteiger charge is 2.31. The Labute approximate surface area is 122 Å². The van der Waals surface area contributed by atoms with Crippen molar-refractivity contribution >= 4 is 11.0 Å². The fourth-order valence-corrected chi connectivity index (χ4v) is 3.09. The number of fused-ring (bicyclic) bond motifs is 2. The second-order valence-electron chi connectivity index (χ2n) is 5.88. The van der Waals surface area contributed by atoms with Crippen LogP contribution in [0.25, 0.3) is 22.6 Å². The van der Waals surface area contributed by atoms with Gasteiger partial charge in [-0.1, -0.05) is 18.2 Å². The van der Waals surface area contributed by atoms with E-state index in [1.807, 2.05) is 24.3 Å². The summed E-state index contributed by atoms with van der Waals surface area (Å²) < 4.78 is 5.92. The number of nitrogens with zero attached hydrogens (tertiary/aromatic N) is 2. The molecule has 4 heteroatoms. The third-order valence-electron chi connectivity index (χ3n) is 4.33. The highest BCUT2D eigenvalue weighted by atomic mass is 16.3. The van der Waals surface area contributed by atoms with E-state index >= 15 is 0 Å². The van der Waals surface area contributed by atoms with Crippen molar-refractivity contribution in [1.29, 1.82) is 0 Å². The summed E-state index contributed by atoms with van der Waals surface area (Å²) in [5.74, 6) is 2.13. The Balaban J connectivity index is 1.70. The van der Waals surface area contributed by atoms with Crippen molar-refractivity contribution in [3.63, 3.8) is 0 Å². The van der Waals surface area contributed by atoms with Crippen LogP contribution in [0, 0.1) is 0 Å². The molecule has 0 unspecified atom stereocenters. The zero-order valence-corrected chi connectivity index (χ0v) is 11.6. The van der Waals surface area contributed by atoms with Crippen LogP contribution in [0.3, 0.4) is 0 Å². The molecule has 3 aromatic rings. The molecule has 1 aromatic carbocycles. The normalized spacial score (nSPS) is 17.3. The van der Waals surface area contributed by atoms with Crippen molar-refractivity contribution in [1.82, 2.24) is 15.3 Å². The molecule has 0 radical (unpaired) electrons. The Bertz CT molecular complexity index is 815. The number of aromatic nitrogens is 2. The summed E-state index contributed by atoms with van der Waals surface area (Å²) in [6, 6.07) is 10.1. The van der Waals surface area contributed by atoms with Gasteiger partial charge in [0, 0.05) is 30.0 Å². The van der Waals surface area contributed by atoms with Crippen LogP contribution < -0.4 is 5.32 Å². The summed E-state index contributed by atoms with van der Waals surface area (Å²) in [6.07, 6.45) is 2.51. The fourth-order valence-electron chi connectivity index (χ4n) is 3.09. The number of furan rings is 1. The molecule has 2 aliphatic rings. The van der Waals surface area contributed by atoms with Crippen LogP contribution in [0.2, 0.25) is 0 Å². The van der Waals surface area contributed by atoms with Gasteiger partial charge in [-0.15, -0.1) is 0 Å². The molecule has 3 heterocycles. The van der Waals surface area contributed by atoms with Crippen LogP contribution in [0.5, 0.6) is 0 Å². The lowest BCUT2D eigenvalue weighted by atomic mass is 10.1. The minimum Gasteiger partial charge on any atom is -0.453 e. The van der Waals surface area contributed by atoms with E-state index in [4.69, 9.17) is 14.4 Å². The maximum atomic E-state index is 5.92. The Morgan fingerprint density at radius 3 is 2.86 bits per heavy atom. The average Bonchev–Trinajstić information content (AvgIpc) is 3.09. The minimum absolute atomic E-state index is 0.629. The topological polar surface area (TPSA) is 51.0 Å². The summed E-state index contributed by atoms with van der Waals surface area (Å²) in [7, 11) is 0. The lowest BCUT2D eigenvalue weighted by molar-refractivity contribution is 0.623. The van der Waals surface area contributed by atoms with Crippen LogP contribution in [-0.4, -0.2) is 9.97 Å². The lowest BCUT2D eigenvalue weighted by Gasteiger charge is -2.07. The second kappa shape index (κ2) is 4.15. The van der Waals surface area contributed by atoms with E-state index in [1.165, 1.54) is 24.1 Å². The highest BCUT2D eigenvalue weighted by Crippen LogP contribution is 2.42. The molecule has 1 fully saturated rings. The SMILES string of the molecule is c1ccc2oc(-c3nc4c(c(C5CC5)n3)CNC4)cc2c1. The first kappa shape index (κ1) is 11.5. The third kappa shape index (κ3) is 1.79. The molecule has 0 amide bonds. The van der Waals surface area contributed by atoms with E-state index in [1.54, 1.807) is 0 Å². The van der Waals surface area contributed by atoms with Crippen LogP contribution >= 0.6 is 0 Å². The summed E-state index contributed by atoms with van der Waals surface area (Å²) in [6.45, 7) is 1.74. The molecule has 1 N–H and O–H groups in total. The summed E-state index contributed by atoms with van der Waals surface area (Å²) in [4.78, 5) is 9.55. The molecule has 21 heavy (non-hydrogen) atoms. The van der Waals surface area contributed by atoms with E-state index in [-0.39, 0.29) is 0 Å². The monoisotopic (exact) mass is 277 g/mol. The molecular formula is C17H15N3O. The van der Waals surface area contributed by atoms with Crippen molar-refractivity contribution in [2.75, 3.05) is 0 Å². The van der Waals surface area contributed by atoms with Crippen molar-refractivity contribution in [2.45, 2.75) is 31.8 Å². The van der Waals surface area contributed by atoms with Crippen molar-refractivity contribution in [3.05, 3.63) is 47.3 Å². The predicted molar refractivity (Wildman–Crippen MR) is 79.8 cm³/mol. The van der Waals surface area contributed by atoms with Gasteiger partial charge in [0.1, 0.15) is 5.58 Å². The molecule has 0 saturated heterocycles. The van der Waals surface area contributed by atoms with Gasteiger partial charge in [-0.2, -0.15) is 0 Å². The number of hydrogen-bond donors (Lipinski definition) is 1. The number of nitrogens with one attached hydrogen (secondary N) is 1. The second-order valence-corrected chi connectivity index (χ2v) is 5.88. The molecule has 104 valence electrons. The molecule has 2 aromatic heterocycles. The number of hydrogen-bond acceptors (Lipinski definition) is 4. The van der Waals surface area contributed by atoms with Crippen LogP contribution in [0.4, 0.5) is 0 Å². The standard InChI is InChI=1S/C17H15N3O/c1-2-4-14-11(3-1)7-15(21-14)17-19-13-9-18-8-12(13)16(20-17)10-5-6-10/h1-4,7,10,18H,5-6,8-9H2. The Hall–Kier alpha value is -2.20. The van der Waals surface area contributed by atoms with Crippen LogP contribution in [0.1, 0.15) is 35.7 Å². The number of benzene rings is 1. The zero-order chi connectivity index (χ0) is 13.8. The molecule has 1 aliphatic carbocycles. The van der Waals surface area contributed by atoms with Gasteiger partial charge in [0.25, 0.3) is 0 Å². The van der Waals surface area contributed by atoms with Gasteiger partial charge in [-0.05, 0) is 25.0 Å². The summed E-state index contributed by atoms with van der Waals surface area (Å²) in [5, 5.41) is 4.48. The minimum atomic E-state index is 0.629. The van der Waals surface area contributed by atoms with Gasteiger partial charge in [0.2, 0.25) is 0 Å². The van der Waals surface area contributed by atoms with E-state index < -0.39 is 0 Å². The maximum Gasteiger partial charge on any atom is 0.196 e. The van der Waals surface area contributed by atoms with Gasteiger partial charge in [-0.3, -0.25) is 0 Å². The first-order valence-corrected chi connectivity index (χ1v) is 7.48. The van der Waals surface area contributed by atoms with Crippen molar-refractivity contribution in [2.24, 2.45) is 0 Å².